The molecule has 1 rings (SSSR count). The predicted octanol–water partition coefficient (Wildman–Crippen LogP) is 9.69. The van der Waals surface area contributed by atoms with Gasteiger partial charge in [-0.25, -0.2) is 14.7 Å². The second-order valence-electron chi connectivity index (χ2n) is 15.4. The van der Waals surface area contributed by atoms with Crippen LogP contribution in [0.4, 0.5) is 5.82 Å². The van der Waals surface area contributed by atoms with E-state index in [4.69, 9.17) is 0 Å². The molecule has 0 bridgehead atoms. The Morgan fingerprint density at radius 1 is 0.591 bits per heavy atom. The molecule has 0 spiro atoms. The number of nitrogens with zero attached hydrogens (tertiary/aromatic N) is 3. The number of likely N-dealkylation sites (N-methyl/N-ethyl adjacent to an activating group) is 1. The van der Waals surface area contributed by atoms with E-state index in [0.29, 0.717) is 6.42 Å². The fourth-order valence-corrected chi connectivity index (χ4v) is 6.13. The Kier molecular flexibility index (Phi) is 23.7. The molecule has 0 aliphatic rings. The highest BCUT2D eigenvalue weighted by Gasteiger charge is 2.16. The van der Waals surface area contributed by atoms with E-state index in [-0.39, 0.29) is 5.91 Å². The molecule has 0 unspecified atom stereocenters. The molecule has 1 aromatic heterocycles. The zero-order valence-corrected chi connectivity index (χ0v) is 30.7. The molecule has 0 aliphatic carbocycles. The molecule has 1 heterocycles. The molecule has 44 heavy (non-hydrogen) atoms. The molecule has 5 heteroatoms. The molecular weight excluding hydrogens is 540 g/mol. The van der Waals surface area contributed by atoms with E-state index in [0.717, 1.165) is 36.2 Å². The van der Waals surface area contributed by atoms with E-state index in [1.54, 1.807) is 0 Å². The van der Waals surface area contributed by atoms with Crippen molar-refractivity contribution in [2.45, 2.75) is 161 Å². The van der Waals surface area contributed by atoms with Crippen molar-refractivity contribution in [2.24, 2.45) is 0 Å². The van der Waals surface area contributed by atoms with E-state index >= 15 is 0 Å². The fraction of sp³-hybridized carbons (Fsp3) is 0.846. The first-order valence-corrected chi connectivity index (χ1v) is 19.0. The smallest absolute Gasteiger partial charge is 0.307 e. The van der Waals surface area contributed by atoms with Gasteiger partial charge >= 0.3 is 5.91 Å². The average Bonchev–Trinajstić information content (AvgIpc) is 2.97. The number of anilines is 1. The van der Waals surface area contributed by atoms with Gasteiger partial charge < -0.3 is 8.97 Å². The summed E-state index contributed by atoms with van der Waals surface area (Å²) in [5.74, 6) is 1.05. The quantitative estimate of drug-likeness (QED) is 0.0520. The zero-order valence-electron chi connectivity index (χ0n) is 30.7. The SMILES string of the molecule is CCCCCCCCCCCCCCCC[N+](C)(C)CCCCCCCCCCC(=O)Nc1cccc[n+]1CC[N+](C)(C)C. The minimum Gasteiger partial charge on any atom is -0.328 e. The lowest BCUT2D eigenvalue weighted by Crippen LogP contribution is -2.47. The maximum absolute atomic E-state index is 12.5. The van der Waals surface area contributed by atoms with Gasteiger partial charge in [-0.1, -0.05) is 122 Å². The van der Waals surface area contributed by atoms with Crippen LogP contribution < -0.4 is 9.88 Å². The van der Waals surface area contributed by atoms with E-state index < -0.39 is 0 Å². The third-order valence-corrected chi connectivity index (χ3v) is 9.25. The van der Waals surface area contributed by atoms with E-state index in [1.165, 1.54) is 146 Å². The number of amides is 1. The van der Waals surface area contributed by atoms with Crippen molar-refractivity contribution >= 4 is 11.7 Å². The second kappa shape index (κ2) is 25.7. The summed E-state index contributed by atoms with van der Waals surface area (Å²) in [7, 11) is 11.5. The topological polar surface area (TPSA) is 33.0 Å². The van der Waals surface area contributed by atoms with Crippen LogP contribution in [0.2, 0.25) is 0 Å². The molecular formula is C39H77N4O+3. The molecule has 0 aromatic carbocycles. The summed E-state index contributed by atoms with van der Waals surface area (Å²) in [6, 6.07) is 6.04. The predicted molar refractivity (Wildman–Crippen MR) is 192 cm³/mol. The van der Waals surface area contributed by atoms with Gasteiger partial charge in [0, 0.05) is 12.5 Å². The van der Waals surface area contributed by atoms with Gasteiger partial charge in [0.2, 0.25) is 0 Å². The Balaban J connectivity index is 1.93. The third-order valence-electron chi connectivity index (χ3n) is 9.25. The van der Waals surface area contributed by atoms with Crippen molar-refractivity contribution < 1.29 is 18.3 Å². The number of carbonyl (C=O) groups excluding carboxylic acids is 1. The number of hydrogen-bond acceptors (Lipinski definition) is 1. The lowest BCUT2D eigenvalue weighted by Gasteiger charge is -2.30. The van der Waals surface area contributed by atoms with E-state index in [2.05, 4.69) is 58.2 Å². The van der Waals surface area contributed by atoms with Gasteiger partial charge in [-0.05, 0) is 38.2 Å². The summed E-state index contributed by atoms with van der Waals surface area (Å²) >= 11 is 0. The minimum absolute atomic E-state index is 0.144. The maximum Gasteiger partial charge on any atom is 0.307 e. The second-order valence-corrected chi connectivity index (χ2v) is 15.4. The molecule has 0 radical (unpaired) electrons. The molecule has 0 saturated heterocycles. The van der Waals surface area contributed by atoms with Crippen LogP contribution in [0.15, 0.2) is 24.4 Å². The molecule has 1 N–H and O–H groups in total. The van der Waals surface area contributed by atoms with Crippen molar-refractivity contribution in [3.63, 3.8) is 0 Å². The minimum atomic E-state index is 0.144. The molecule has 0 aliphatic heterocycles. The van der Waals surface area contributed by atoms with Gasteiger partial charge in [-0.3, -0.25) is 0 Å². The van der Waals surface area contributed by atoms with Gasteiger partial charge in [0.15, 0.2) is 0 Å². The maximum atomic E-state index is 12.5. The Morgan fingerprint density at radius 2 is 1.02 bits per heavy atom. The molecule has 1 aromatic rings. The molecule has 256 valence electrons. The van der Waals surface area contributed by atoms with Gasteiger partial charge in [0.1, 0.15) is 13.1 Å². The summed E-state index contributed by atoms with van der Waals surface area (Å²) in [6.07, 6.45) is 33.0. The number of pyridine rings is 1. The van der Waals surface area contributed by atoms with Crippen molar-refractivity contribution in [1.29, 1.82) is 0 Å². The first-order chi connectivity index (χ1) is 21.1. The van der Waals surface area contributed by atoms with E-state index in [1.807, 2.05) is 18.2 Å². The summed E-state index contributed by atoms with van der Waals surface area (Å²) < 4.78 is 4.26. The normalized spacial score (nSPS) is 12.1. The lowest BCUT2D eigenvalue weighted by molar-refractivity contribution is -0.891. The standard InChI is InChI=1S/C39H76N4O/c1-7-8-9-10-11-12-13-14-15-16-18-21-24-29-35-43(5,6)36-30-25-22-19-17-20-23-26-32-39(44)40-38-31-27-28-33-41(38)34-37-42(2,3)4/h27-28,31,33H,7-26,29-30,32,34-37H2,1-6H3/q+2/p+1. The molecule has 1 amide bonds. The highest BCUT2D eigenvalue weighted by Crippen LogP contribution is 2.15. The van der Waals surface area contributed by atoms with Crippen LogP contribution in [0.5, 0.6) is 0 Å². The molecule has 5 nitrogen and oxygen atoms in total. The van der Waals surface area contributed by atoms with Crippen LogP contribution in [0, 0.1) is 0 Å². The van der Waals surface area contributed by atoms with Gasteiger partial charge in [0.05, 0.1) is 54.5 Å². The number of quaternary nitrogens is 2. The third kappa shape index (κ3) is 24.8. The van der Waals surface area contributed by atoms with Gasteiger partial charge in [-0.15, -0.1) is 0 Å². The van der Waals surface area contributed by atoms with Gasteiger partial charge in [-0.2, -0.15) is 0 Å². The number of hydrogen-bond donors (Lipinski definition) is 1. The van der Waals surface area contributed by atoms with Crippen LogP contribution in [-0.4, -0.2) is 69.7 Å². The largest absolute Gasteiger partial charge is 0.328 e. The Morgan fingerprint density at radius 3 is 1.48 bits per heavy atom. The average molecular weight is 618 g/mol. The summed E-state index contributed by atoms with van der Waals surface area (Å²) in [4.78, 5) is 12.5. The van der Waals surface area contributed by atoms with E-state index in [9.17, 15) is 4.79 Å². The van der Waals surface area contributed by atoms with Crippen molar-refractivity contribution in [3.8, 4) is 0 Å². The number of unbranched alkanes of at least 4 members (excludes halogenated alkanes) is 20. The highest BCUT2D eigenvalue weighted by atomic mass is 16.1. The van der Waals surface area contributed by atoms with Gasteiger partial charge in [0.25, 0.3) is 5.82 Å². The lowest BCUT2D eigenvalue weighted by atomic mass is 10.0. The zero-order chi connectivity index (χ0) is 32.4. The van der Waals surface area contributed by atoms with Crippen LogP contribution in [0.1, 0.15) is 155 Å². The number of rotatable bonds is 30. The number of nitrogens with one attached hydrogen (secondary N) is 1. The van der Waals surface area contributed by atoms with Crippen molar-refractivity contribution in [2.75, 3.05) is 60.2 Å². The van der Waals surface area contributed by atoms with Crippen LogP contribution >= 0.6 is 0 Å². The first-order valence-electron chi connectivity index (χ1n) is 19.0. The highest BCUT2D eigenvalue weighted by molar-refractivity contribution is 5.88. The number of aromatic nitrogens is 1. The Labute approximate surface area is 275 Å². The van der Waals surface area contributed by atoms with Crippen LogP contribution in [-0.2, 0) is 11.3 Å². The van der Waals surface area contributed by atoms with Crippen LogP contribution in [0.3, 0.4) is 0 Å². The monoisotopic (exact) mass is 618 g/mol. The van der Waals surface area contributed by atoms with Crippen molar-refractivity contribution in [3.05, 3.63) is 24.4 Å². The van der Waals surface area contributed by atoms with Crippen LogP contribution in [0.25, 0.3) is 0 Å². The summed E-state index contributed by atoms with van der Waals surface area (Å²) in [5.41, 5.74) is 0. The fourth-order valence-electron chi connectivity index (χ4n) is 6.13. The van der Waals surface area contributed by atoms with Crippen molar-refractivity contribution in [1.82, 2.24) is 0 Å². The molecule has 0 saturated carbocycles. The number of carbonyl (C=O) groups is 1. The first kappa shape index (κ1) is 40.6. The Hall–Kier alpha value is -1.46. The summed E-state index contributed by atoms with van der Waals surface area (Å²) in [6.45, 7) is 6.88. The summed E-state index contributed by atoms with van der Waals surface area (Å²) in [5, 5.41) is 3.14. The molecule has 0 atom stereocenters. The Bertz CT molecular complexity index is 817. The molecule has 0 fully saturated rings.